The van der Waals surface area contributed by atoms with Crippen molar-refractivity contribution in [2.75, 3.05) is 0 Å². The number of carbonyl (C=O) groups is 2. The number of ether oxygens (including phenoxy) is 2. The fourth-order valence-corrected chi connectivity index (χ4v) is 5.58. The summed E-state index contributed by atoms with van der Waals surface area (Å²) >= 11 is 0. The van der Waals surface area contributed by atoms with E-state index in [-0.39, 0.29) is 30.0 Å². The first-order valence-corrected chi connectivity index (χ1v) is 11.4. The van der Waals surface area contributed by atoms with Crippen molar-refractivity contribution in [1.29, 1.82) is 0 Å². The second-order valence-corrected chi connectivity index (χ2v) is 10.7. The number of rotatable bonds is 3. The van der Waals surface area contributed by atoms with Crippen molar-refractivity contribution in [3.8, 4) is 5.75 Å². The van der Waals surface area contributed by atoms with E-state index in [9.17, 15) is 9.59 Å². The predicted molar refractivity (Wildman–Crippen MR) is 117 cm³/mol. The Morgan fingerprint density at radius 1 is 1.35 bits per heavy atom. The van der Waals surface area contributed by atoms with Crippen molar-refractivity contribution in [2.45, 2.75) is 97.6 Å². The molecule has 2 unspecified atom stereocenters. The molecule has 0 aromatic carbocycles. The molecule has 2 amide bonds. The highest BCUT2D eigenvalue weighted by Crippen LogP contribution is 2.54. The zero-order chi connectivity index (χ0) is 22.6. The second-order valence-electron chi connectivity index (χ2n) is 10.7. The molecule has 7 nitrogen and oxygen atoms in total. The quantitative estimate of drug-likeness (QED) is 0.790. The monoisotopic (exact) mass is 429 g/mol. The second kappa shape index (κ2) is 7.68. The van der Waals surface area contributed by atoms with E-state index in [4.69, 9.17) is 9.47 Å². The van der Waals surface area contributed by atoms with Gasteiger partial charge in [-0.2, -0.15) is 0 Å². The van der Waals surface area contributed by atoms with Crippen LogP contribution in [-0.2, 0) is 22.5 Å². The number of carbonyl (C=O) groups excluding carboxylic acids is 2. The highest BCUT2D eigenvalue weighted by atomic mass is 16.6. The Hall–Kier alpha value is -2.31. The summed E-state index contributed by atoms with van der Waals surface area (Å²) in [5, 5.41) is 2.99. The number of pyridine rings is 1. The van der Waals surface area contributed by atoms with Crippen LogP contribution in [0.15, 0.2) is 12.3 Å². The van der Waals surface area contributed by atoms with Gasteiger partial charge in [-0.05, 0) is 71.4 Å². The third-order valence-corrected chi connectivity index (χ3v) is 6.96. The van der Waals surface area contributed by atoms with Crippen LogP contribution in [0.1, 0.15) is 72.1 Å². The molecule has 2 fully saturated rings. The molecule has 1 aromatic rings. The number of fused-ring (bicyclic) bond motifs is 2. The number of hydrogen-bond acceptors (Lipinski definition) is 5. The van der Waals surface area contributed by atoms with Crippen LogP contribution < -0.4 is 10.1 Å². The van der Waals surface area contributed by atoms with Gasteiger partial charge in [-0.1, -0.05) is 6.92 Å². The fraction of sp³-hybridized carbons (Fsp3) is 0.708. The average Bonchev–Trinajstić information content (AvgIpc) is 3.15. The normalized spacial score (nSPS) is 29.8. The molecule has 170 valence electrons. The predicted octanol–water partition coefficient (Wildman–Crippen LogP) is 3.84. The van der Waals surface area contributed by atoms with E-state index < -0.39 is 17.1 Å². The maximum Gasteiger partial charge on any atom is 0.407 e. The van der Waals surface area contributed by atoms with E-state index in [1.807, 2.05) is 45.6 Å². The highest BCUT2D eigenvalue weighted by Gasteiger charge is 2.60. The summed E-state index contributed by atoms with van der Waals surface area (Å²) in [6.45, 7) is 12.3. The molecule has 7 heteroatoms. The van der Waals surface area contributed by atoms with Crippen LogP contribution in [0.2, 0.25) is 0 Å². The van der Waals surface area contributed by atoms with E-state index in [1.165, 1.54) is 0 Å². The highest BCUT2D eigenvalue weighted by molar-refractivity contribution is 5.87. The summed E-state index contributed by atoms with van der Waals surface area (Å²) in [6, 6.07) is 2.15. The van der Waals surface area contributed by atoms with Crippen LogP contribution in [0.5, 0.6) is 5.75 Å². The Morgan fingerprint density at radius 3 is 2.77 bits per heavy atom. The topological polar surface area (TPSA) is 80.8 Å². The Kier molecular flexibility index (Phi) is 5.42. The lowest BCUT2D eigenvalue weighted by Gasteiger charge is -2.33. The van der Waals surface area contributed by atoms with E-state index in [0.717, 1.165) is 36.3 Å². The van der Waals surface area contributed by atoms with Crippen LogP contribution in [0.4, 0.5) is 4.79 Å². The summed E-state index contributed by atoms with van der Waals surface area (Å²) in [6.07, 6.45) is 4.52. The van der Waals surface area contributed by atoms with Gasteiger partial charge in [0.1, 0.15) is 11.4 Å². The third kappa shape index (κ3) is 4.11. The lowest BCUT2D eigenvalue weighted by atomic mass is 9.73. The maximum absolute atomic E-state index is 13.6. The minimum atomic E-state index is -0.533. The summed E-state index contributed by atoms with van der Waals surface area (Å²) < 4.78 is 11.2. The summed E-state index contributed by atoms with van der Waals surface area (Å²) in [7, 11) is 0. The molecule has 3 aliphatic rings. The Morgan fingerprint density at radius 2 is 2.10 bits per heavy atom. The van der Waals surface area contributed by atoms with Gasteiger partial charge in [0.2, 0.25) is 5.91 Å². The smallest absolute Gasteiger partial charge is 0.407 e. The van der Waals surface area contributed by atoms with Gasteiger partial charge in [0, 0.05) is 30.7 Å². The van der Waals surface area contributed by atoms with Crippen LogP contribution >= 0.6 is 0 Å². The van der Waals surface area contributed by atoms with Crippen LogP contribution in [0.3, 0.4) is 0 Å². The van der Waals surface area contributed by atoms with E-state index in [1.54, 1.807) is 6.20 Å². The number of nitrogens with one attached hydrogen (secondary N) is 1. The van der Waals surface area contributed by atoms with E-state index >= 15 is 0 Å². The number of aromatic nitrogens is 1. The van der Waals surface area contributed by atoms with Gasteiger partial charge >= 0.3 is 6.09 Å². The largest absolute Gasteiger partial charge is 0.489 e. The van der Waals surface area contributed by atoms with Crippen molar-refractivity contribution in [1.82, 2.24) is 15.2 Å². The molecule has 1 aliphatic carbocycles. The van der Waals surface area contributed by atoms with Gasteiger partial charge in [0.05, 0.1) is 17.7 Å². The van der Waals surface area contributed by atoms with Gasteiger partial charge < -0.3 is 19.7 Å². The zero-order valence-electron chi connectivity index (χ0n) is 19.5. The van der Waals surface area contributed by atoms with Crippen molar-refractivity contribution in [3.05, 3.63) is 23.5 Å². The summed E-state index contributed by atoms with van der Waals surface area (Å²) in [5.74, 6) is 1.19. The van der Waals surface area contributed by atoms with Gasteiger partial charge in [-0.3, -0.25) is 9.78 Å². The van der Waals surface area contributed by atoms with E-state index in [0.29, 0.717) is 13.0 Å². The van der Waals surface area contributed by atoms with Gasteiger partial charge in [0.15, 0.2) is 0 Å². The molecular formula is C24H35N3O4. The van der Waals surface area contributed by atoms with E-state index in [2.05, 4.69) is 17.2 Å². The first-order valence-electron chi connectivity index (χ1n) is 11.4. The van der Waals surface area contributed by atoms with Crippen LogP contribution in [-0.4, -0.2) is 45.7 Å². The number of nitrogens with zero attached hydrogens (tertiary/aromatic N) is 2. The third-order valence-electron chi connectivity index (χ3n) is 6.96. The molecule has 4 atom stereocenters. The molecule has 1 saturated carbocycles. The first kappa shape index (κ1) is 21.9. The molecular weight excluding hydrogens is 394 g/mol. The van der Waals surface area contributed by atoms with Crippen molar-refractivity contribution >= 4 is 12.0 Å². The lowest BCUT2D eigenvalue weighted by Crippen LogP contribution is -2.41. The van der Waals surface area contributed by atoms with Crippen LogP contribution in [0.25, 0.3) is 0 Å². The minimum Gasteiger partial charge on any atom is -0.489 e. The Labute approximate surface area is 184 Å². The first-order chi connectivity index (χ1) is 14.5. The Bertz CT molecular complexity index is 878. The van der Waals surface area contributed by atoms with Gasteiger partial charge in [0.25, 0.3) is 0 Å². The number of hydrogen-bond donors (Lipinski definition) is 1. The molecule has 1 aromatic heterocycles. The molecule has 3 heterocycles. The summed E-state index contributed by atoms with van der Waals surface area (Å²) in [5.41, 5.74) is 1.20. The molecule has 4 rings (SSSR count). The van der Waals surface area contributed by atoms with Gasteiger partial charge in [-0.25, -0.2) is 4.79 Å². The standard InChI is InChI=1S/C24H35N3O4/c1-14(2)30-18-9-16-13-27-20(10-19(16)25-12-18)15(3)24(21(27)28)8-7-17(11-24)26-22(29)31-23(4,5)6/h9,12,14-15,17,20H,7-8,10-11,13H2,1-6H3,(H,26,29)/t15?,17-,20?,24+/m1/s1. The molecule has 1 saturated heterocycles. The number of amides is 2. The van der Waals surface area contributed by atoms with Crippen LogP contribution in [0, 0.1) is 11.3 Å². The minimum absolute atomic E-state index is 0.0332. The van der Waals surface area contributed by atoms with Crippen molar-refractivity contribution in [3.63, 3.8) is 0 Å². The molecule has 2 aliphatic heterocycles. The molecule has 0 bridgehead atoms. The molecule has 0 radical (unpaired) electrons. The maximum atomic E-state index is 13.6. The van der Waals surface area contributed by atoms with Crippen molar-refractivity contribution < 1.29 is 19.1 Å². The average molecular weight is 430 g/mol. The molecule has 31 heavy (non-hydrogen) atoms. The molecule has 1 spiro atoms. The lowest BCUT2D eigenvalue weighted by molar-refractivity contribution is -0.137. The number of alkyl carbamates (subject to hydrolysis) is 1. The molecule has 1 N–H and O–H groups in total. The summed E-state index contributed by atoms with van der Waals surface area (Å²) in [4.78, 5) is 32.6. The zero-order valence-corrected chi connectivity index (χ0v) is 19.5. The van der Waals surface area contributed by atoms with Crippen molar-refractivity contribution in [2.24, 2.45) is 11.3 Å². The Balaban J connectivity index is 1.48. The fourth-order valence-electron chi connectivity index (χ4n) is 5.58. The van der Waals surface area contributed by atoms with Gasteiger partial charge in [-0.15, -0.1) is 0 Å². The SMILES string of the molecule is CC(C)Oc1cnc2c(c1)CN1C(=O)[C@]3(CC[C@@H](NC(=O)OC(C)(C)C)C3)C(C)C1C2.